The minimum absolute atomic E-state index is 0.0657. The minimum atomic E-state index is -0.694. The van der Waals surface area contributed by atoms with E-state index in [9.17, 15) is 9.59 Å². The number of carbonyl (C=O) groups is 2. The molecule has 1 rings (SSSR count). The van der Waals surface area contributed by atoms with E-state index >= 15 is 0 Å². The quantitative estimate of drug-likeness (QED) is 0.776. The van der Waals surface area contributed by atoms with Crippen LogP contribution in [-0.2, 0) is 14.3 Å². The molecule has 5 heteroatoms. The van der Waals surface area contributed by atoms with Crippen molar-refractivity contribution in [2.75, 3.05) is 19.0 Å². The van der Waals surface area contributed by atoms with Crippen molar-refractivity contribution in [2.45, 2.75) is 26.8 Å². The molecule has 0 radical (unpaired) electrons. The Kier molecular flexibility index (Phi) is 6.03. The van der Waals surface area contributed by atoms with E-state index in [1.165, 1.54) is 6.92 Å². The van der Waals surface area contributed by atoms with Crippen LogP contribution in [0, 0.1) is 5.92 Å². The van der Waals surface area contributed by atoms with Crippen LogP contribution in [0.1, 0.15) is 20.8 Å². The molecule has 20 heavy (non-hydrogen) atoms. The number of ether oxygens (including phenoxy) is 2. The molecule has 0 bridgehead atoms. The Bertz CT molecular complexity index is 455. The highest BCUT2D eigenvalue weighted by molar-refractivity contribution is 5.89. The van der Waals surface area contributed by atoms with Gasteiger partial charge in [-0.05, 0) is 38.1 Å². The van der Waals surface area contributed by atoms with Gasteiger partial charge in [0, 0.05) is 11.6 Å². The molecule has 0 aliphatic carbocycles. The predicted octanol–water partition coefficient (Wildman–Crippen LogP) is 2.26. The second kappa shape index (κ2) is 7.53. The summed E-state index contributed by atoms with van der Waals surface area (Å²) in [6, 6.07) is 6.45. The van der Waals surface area contributed by atoms with Crippen molar-refractivity contribution < 1.29 is 19.1 Å². The lowest BCUT2D eigenvalue weighted by molar-refractivity contribution is -0.146. The second-order valence-corrected chi connectivity index (χ2v) is 4.50. The number of esters is 1. The lowest BCUT2D eigenvalue weighted by Crippen LogP contribution is -2.40. The Balaban J connectivity index is 2.87. The molecule has 0 spiro atoms. The van der Waals surface area contributed by atoms with Crippen LogP contribution in [0.2, 0.25) is 0 Å². The smallest absolute Gasteiger partial charge is 0.329 e. The molecule has 0 amide bonds. The maximum absolute atomic E-state index is 12.0. The lowest BCUT2D eigenvalue weighted by atomic mass is 9.97. The molecule has 0 aliphatic heterocycles. The van der Waals surface area contributed by atoms with Crippen molar-refractivity contribution in [1.29, 1.82) is 0 Å². The van der Waals surface area contributed by atoms with Crippen LogP contribution in [0.3, 0.4) is 0 Å². The third-order valence-corrected chi connectivity index (χ3v) is 3.09. The van der Waals surface area contributed by atoms with Crippen LogP contribution in [0.15, 0.2) is 24.3 Å². The summed E-state index contributed by atoms with van der Waals surface area (Å²) >= 11 is 0. The van der Waals surface area contributed by atoms with Crippen LogP contribution in [0.25, 0.3) is 0 Å². The molecule has 5 nitrogen and oxygen atoms in total. The van der Waals surface area contributed by atoms with Crippen molar-refractivity contribution >= 4 is 17.4 Å². The molecule has 1 aromatic rings. The van der Waals surface area contributed by atoms with Gasteiger partial charge in [-0.3, -0.25) is 4.79 Å². The topological polar surface area (TPSA) is 64.6 Å². The van der Waals surface area contributed by atoms with Gasteiger partial charge < -0.3 is 14.8 Å². The number of anilines is 1. The van der Waals surface area contributed by atoms with E-state index in [0.29, 0.717) is 0 Å². The number of carbonyl (C=O) groups excluding carboxylic acids is 2. The van der Waals surface area contributed by atoms with Gasteiger partial charge in [-0.25, -0.2) is 4.79 Å². The van der Waals surface area contributed by atoms with Crippen molar-refractivity contribution in [1.82, 2.24) is 0 Å². The summed E-state index contributed by atoms with van der Waals surface area (Å²) in [5, 5.41) is 3.05. The summed E-state index contributed by atoms with van der Waals surface area (Å²) in [6.45, 7) is 5.19. The number of hydrogen-bond donors (Lipinski definition) is 1. The number of Topliss-reactive ketones (excluding diaryl/α,β-unsaturated/α-hetero) is 1. The van der Waals surface area contributed by atoms with Gasteiger partial charge in [0.1, 0.15) is 17.6 Å². The SMILES string of the molecule is CCOC(=O)C(Nc1ccc(OC)cc1)[C@@H](C)C(C)=O. The fourth-order valence-electron chi connectivity index (χ4n) is 1.72. The van der Waals surface area contributed by atoms with E-state index < -0.39 is 17.9 Å². The van der Waals surface area contributed by atoms with Gasteiger partial charge in [-0.1, -0.05) is 6.92 Å². The Morgan fingerprint density at radius 3 is 2.30 bits per heavy atom. The summed E-state index contributed by atoms with van der Waals surface area (Å²) in [7, 11) is 1.58. The molecule has 1 N–H and O–H groups in total. The van der Waals surface area contributed by atoms with Crippen LogP contribution in [0.5, 0.6) is 5.75 Å². The van der Waals surface area contributed by atoms with Gasteiger partial charge in [0.25, 0.3) is 0 Å². The maximum atomic E-state index is 12.0. The molecule has 2 atom stereocenters. The fourth-order valence-corrected chi connectivity index (χ4v) is 1.72. The van der Waals surface area contributed by atoms with E-state index in [0.717, 1.165) is 11.4 Å². The molecule has 0 saturated carbocycles. The van der Waals surface area contributed by atoms with Crippen molar-refractivity contribution in [3.8, 4) is 5.75 Å². The molecular weight excluding hydrogens is 258 g/mol. The first-order valence-corrected chi connectivity index (χ1v) is 6.57. The summed E-state index contributed by atoms with van der Waals surface area (Å²) in [5.41, 5.74) is 0.733. The van der Waals surface area contributed by atoms with Crippen LogP contribution in [0.4, 0.5) is 5.69 Å². The predicted molar refractivity (Wildman–Crippen MR) is 76.9 cm³/mol. The molecule has 0 saturated heterocycles. The molecule has 0 fully saturated rings. The van der Waals surface area contributed by atoms with Crippen LogP contribution >= 0.6 is 0 Å². The summed E-state index contributed by atoms with van der Waals surface area (Å²) in [6.07, 6.45) is 0. The van der Waals surface area contributed by atoms with Gasteiger partial charge in [-0.15, -0.1) is 0 Å². The highest BCUT2D eigenvalue weighted by atomic mass is 16.5. The molecule has 0 aliphatic rings. The Hall–Kier alpha value is -2.04. The zero-order chi connectivity index (χ0) is 15.1. The number of rotatable bonds is 7. The average molecular weight is 279 g/mol. The molecule has 1 aromatic carbocycles. The molecular formula is C15H21NO4. The van der Waals surface area contributed by atoms with Gasteiger partial charge in [0.05, 0.1) is 13.7 Å². The first kappa shape index (κ1) is 16.0. The fraction of sp³-hybridized carbons (Fsp3) is 0.467. The van der Waals surface area contributed by atoms with E-state index in [2.05, 4.69) is 5.32 Å². The van der Waals surface area contributed by atoms with Gasteiger partial charge in [0.2, 0.25) is 0 Å². The van der Waals surface area contributed by atoms with Gasteiger partial charge in [-0.2, -0.15) is 0 Å². The lowest BCUT2D eigenvalue weighted by Gasteiger charge is -2.22. The minimum Gasteiger partial charge on any atom is -0.497 e. The van der Waals surface area contributed by atoms with Crippen molar-refractivity contribution in [2.24, 2.45) is 5.92 Å². The number of nitrogens with one attached hydrogen (secondary N) is 1. The third-order valence-electron chi connectivity index (χ3n) is 3.09. The van der Waals surface area contributed by atoms with Crippen LogP contribution < -0.4 is 10.1 Å². The summed E-state index contributed by atoms with van der Waals surface area (Å²) in [5.74, 6) is -0.228. The Morgan fingerprint density at radius 2 is 1.85 bits per heavy atom. The molecule has 0 heterocycles. The molecule has 0 aromatic heterocycles. The second-order valence-electron chi connectivity index (χ2n) is 4.50. The first-order chi connectivity index (χ1) is 9.49. The highest BCUT2D eigenvalue weighted by Gasteiger charge is 2.29. The molecule has 1 unspecified atom stereocenters. The normalized spacial score (nSPS) is 13.2. The standard InChI is InChI=1S/C15H21NO4/c1-5-20-15(18)14(10(2)11(3)17)16-12-6-8-13(19-4)9-7-12/h6-10,14,16H,5H2,1-4H3/t10-,14?/m0/s1. The van der Waals surface area contributed by atoms with Gasteiger partial charge in [0.15, 0.2) is 0 Å². The zero-order valence-corrected chi connectivity index (χ0v) is 12.3. The van der Waals surface area contributed by atoms with Crippen LogP contribution in [-0.4, -0.2) is 31.5 Å². The number of hydrogen-bond acceptors (Lipinski definition) is 5. The van der Waals surface area contributed by atoms with E-state index in [1.54, 1.807) is 45.2 Å². The van der Waals surface area contributed by atoms with Gasteiger partial charge >= 0.3 is 5.97 Å². The Morgan fingerprint density at radius 1 is 1.25 bits per heavy atom. The number of benzene rings is 1. The number of methoxy groups -OCH3 is 1. The maximum Gasteiger partial charge on any atom is 0.329 e. The summed E-state index contributed by atoms with van der Waals surface area (Å²) in [4.78, 5) is 23.5. The first-order valence-electron chi connectivity index (χ1n) is 6.57. The van der Waals surface area contributed by atoms with E-state index in [4.69, 9.17) is 9.47 Å². The van der Waals surface area contributed by atoms with E-state index in [1.807, 2.05) is 0 Å². The monoisotopic (exact) mass is 279 g/mol. The molecule has 110 valence electrons. The number of ketones is 1. The van der Waals surface area contributed by atoms with Crippen molar-refractivity contribution in [3.05, 3.63) is 24.3 Å². The largest absolute Gasteiger partial charge is 0.497 e. The average Bonchev–Trinajstić information content (AvgIpc) is 2.44. The zero-order valence-electron chi connectivity index (χ0n) is 12.3. The van der Waals surface area contributed by atoms with E-state index in [-0.39, 0.29) is 12.4 Å². The van der Waals surface area contributed by atoms with Crippen molar-refractivity contribution in [3.63, 3.8) is 0 Å². The highest BCUT2D eigenvalue weighted by Crippen LogP contribution is 2.19. The third kappa shape index (κ3) is 4.26. The summed E-state index contributed by atoms with van der Waals surface area (Å²) < 4.78 is 10.1. The Labute approximate surface area is 119 Å².